The van der Waals surface area contributed by atoms with E-state index in [1.807, 2.05) is 6.92 Å². The number of aromatic hydroxyl groups is 1. The first-order valence-corrected chi connectivity index (χ1v) is 11.8. The van der Waals surface area contributed by atoms with E-state index in [4.69, 9.17) is 13.9 Å². The van der Waals surface area contributed by atoms with E-state index >= 15 is 0 Å². The largest absolute Gasteiger partial charge is 0.508 e. The van der Waals surface area contributed by atoms with E-state index in [2.05, 4.69) is 0 Å². The van der Waals surface area contributed by atoms with Crippen LogP contribution < -0.4 is 0 Å². The van der Waals surface area contributed by atoms with Crippen LogP contribution in [0.5, 0.6) is 5.75 Å². The van der Waals surface area contributed by atoms with E-state index in [0.717, 1.165) is 0 Å². The number of hydrogen-bond acceptors (Lipinski definition) is 8. The minimum Gasteiger partial charge on any atom is -0.508 e. The van der Waals surface area contributed by atoms with Crippen LogP contribution in [0.15, 0.2) is 59.1 Å². The lowest BCUT2D eigenvalue weighted by Crippen LogP contribution is -2.61. The molecule has 2 heterocycles. The number of phenols is 1. The summed E-state index contributed by atoms with van der Waals surface area (Å²) in [6.07, 6.45) is 4.49. The molecule has 0 radical (unpaired) electrons. The molecule has 2 aliphatic carbocycles. The highest BCUT2D eigenvalue weighted by Crippen LogP contribution is 2.64. The van der Waals surface area contributed by atoms with Crippen LogP contribution >= 0.6 is 0 Å². The molecule has 2 N–H and O–H groups in total. The van der Waals surface area contributed by atoms with Crippen molar-refractivity contribution in [2.75, 3.05) is 0 Å². The summed E-state index contributed by atoms with van der Waals surface area (Å²) in [5.74, 6) is -6.15. The maximum atomic E-state index is 14.0. The highest BCUT2D eigenvalue weighted by molar-refractivity contribution is 6.03. The summed E-state index contributed by atoms with van der Waals surface area (Å²) >= 11 is 0. The average Bonchev–Trinajstić information content (AvgIpc) is 3.35. The van der Waals surface area contributed by atoms with Gasteiger partial charge in [-0.1, -0.05) is 19.9 Å². The van der Waals surface area contributed by atoms with Crippen molar-refractivity contribution in [1.29, 1.82) is 0 Å². The Kier molecular flexibility index (Phi) is 5.54. The standard InChI is InChI=1S/C27H26O9/c1-26-8-6-17-25(33)36-20(15-7-9-34-13-15)12-27(17,2)22(26)21(29)19(11-18(26)23(30)31)35-24(32)14-4-3-5-16(28)10-14/h3-5,7,9-11,13,17-18,20,22,28H,6,8,12H2,1-2H3,(H,30,31). The molecule has 1 aromatic carbocycles. The maximum absolute atomic E-state index is 14.0. The third-order valence-corrected chi connectivity index (χ3v) is 8.25. The predicted octanol–water partition coefficient (Wildman–Crippen LogP) is 4.04. The molecule has 188 valence electrons. The van der Waals surface area contributed by atoms with Crippen molar-refractivity contribution in [3.63, 3.8) is 0 Å². The predicted molar refractivity (Wildman–Crippen MR) is 122 cm³/mol. The number of ether oxygens (including phenoxy) is 2. The molecular formula is C27H26O9. The van der Waals surface area contributed by atoms with Gasteiger partial charge in [0.05, 0.1) is 29.9 Å². The highest BCUT2D eigenvalue weighted by Gasteiger charge is 2.66. The molecule has 1 aromatic heterocycles. The van der Waals surface area contributed by atoms with Gasteiger partial charge in [-0.25, -0.2) is 4.79 Å². The van der Waals surface area contributed by atoms with Gasteiger partial charge in [-0.3, -0.25) is 14.4 Å². The van der Waals surface area contributed by atoms with E-state index < -0.39 is 58.4 Å². The first-order chi connectivity index (χ1) is 17.0. The van der Waals surface area contributed by atoms with Gasteiger partial charge in [0.2, 0.25) is 5.78 Å². The number of carbonyl (C=O) groups is 4. The number of cyclic esters (lactones) is 1. The molecule has 1 aliphatic heterocycles. The molecule has 5 rings (SSSR count). The molecule has 1 saturated heterocycles. The van der Waals surface area contributed by atoms with E-state index in [0.29, 0.717) is 18.4 Å². The van der Waals surface area contributed by atoms with E-state index in [1.54, 1.807) is 13.0 Å². The smallest absolute Gasteiger partial charge is 0.343 e. The van der Waals surface area contributed by atoms with Crippen molar-refractivity contribution < 1.29 is 43.3 Å². The van der Waals surface area contributed by atoms with Gasteiger partial charge in [0.1, 0.15) is 11.9 Å². The van der Waals surface area contributed by atoms with Crippen molar-refractivity contribution in [2.45, 2.75) is 39.2 Å². The molecule has 9 nitrogen and oxygen atoms in total. The van der Waals surface area contributed by atoms with Gasteiger partial charge in [0, 0.05) is 11.5 Å². The number of aliphatic carboxylic acids is 1. The topological polar surface area (TPSA) is 140 Å². The van der Waals surface area contributed by atoms with E-state index in [9.17, 15) is 29.4 Å². The fraction of sp³-hybridized carbons (Fsp3) is 0.407. The van der Waals surface area contributed by atoms with Crippen LogP contribution in [0.4, 0.5) is 0 Å². The van der Waals surface area contributed by atoms with Crippen LogP contribution in [-0.4, -0.2) is 33.9 Å². The van der Waals surface area contributed by atoms with E-state index in [-0.39, 0.29) is 23.5 Å². The Balaban J connectivity index is 1.56. The van der Waals surface area contributed by atoms with Crippen molar-refractivity contribution in [3.8, 4) is 5.75 Å². The zero-order valence-corrected chi connectivity index (χ0v) is 19.8. The Morgan fingerprint density at radius 1 is 1.14 bits per heavy atom. The number of phenolic OH excluding ortho intramolecular Hbond substituents is 1. The van der Waals surface area contributed by atoms with Crippen LogP contribution in [0.1, 0.15) is 55.1 Å². The van der Waals surface area contributed by atoms with Gasteiger partial charge >= 0.3 is 17.9 Å². The zero-order chi connectivity index (χ0) is 25.8. The molecule has 2 aromatic rings. The Hall–Kier alpha value is -3.88. The van der Waals surface area contributed by atoms with Crippen molar-refractivity contribution >= 4 is 23.7 Å². The lowest BCUT2D eigenvalue weighted by atomic mass is 9.44. The molecule has 0 bridgehead atoms. The molecule has 1 saturated carbocycles. The fourth-order valence-electron chi connectivity index (χ4n) is 6.57. The lowest BCUT2D eigenvalue weighted by Gasteiger charge is -2.59. The van der Waals surface area contributed by atoms with Gasteiger partial charge in [-0.05, 0) is 60.4 Å². The lowest BCUT2D eigenvalue weighted by molar-refractivity contribution is -0.197. The van der Waals surface area contributed by atoms with Crippen LogP contribution in [-0.2, 0) is 23.9 Å². The van der Waals surface area contributed by atoms with Crippen LogP contribution in [0.3, 0.4) is 0 Å². The quantitative estimate of drug-likeness (QED) is 0.603. The molecule has 6 atom stereocenters. The molecule has 2 fully saturated rings. The summed E-state index contributed by atoms with van der Waals surface area (Å²) in [6.45, 7) is 3.58. The molecule has 6 unspecified atom stereocenters. The Morgan fingerprint density at radius 3 is 2.58 bits per heavy atom. The normalized spacial score (nSPS) is 33.6. The number of fused-ring (bicyclic) bond motifs is 3. The van der Waals surface area contributed by atoms with Crippen LogP contribution in [0.25, 0.3) is 0 Å². The number of esters is 2. The number of allylic oxidation sites excluding steroid dienone is 1. The summed E-state index contributed by atoms with van der Waals surface area (Å²) in [4.78, 5) is 52.3. The fourth-order valence-corrected chi connectivity index (χ4v) is 6.57. The zero-order valence-electron chi connectivity index (χ0n) is 19.8. The third-order valence-electron chi connectivity index (χ3n) is 8.25. The molecule has 9 heteroatoms. The molecule has 0 amide bonds. The first-order valence-electron chi connectivity index (χ1n) is 11.8. The highest BCUT2D eigenvalue weighted by atomic mass is 16.5. The van der Waals surface area contributed by atoms with Crippen molar-refractivity contribution in [3.05, 3.63) is 65.8 Å². The summed E-state index contributed by atoms with van der Waals surface area (Å²) in [5.41, 5.74) is -1.29. The SMILES string of the molecule is CC12CCC3C(=O)OC(c4ccoc4)CC3(C)C1C(=O)C(OC(=O)c1cccc(O)c1)=CC2C(=O)O. The second-order valence-electron chi connectivity index (χ2n) is 10.4. The average molecular weight is 494 g/mol. The molecule has 3 aliphatic rings. The van der Waals surface area contributed by atoms with E-state index in [1.165, 1.54) is 42.9 Å². The van der Waals surface area contributed by atoms with Gasteiger partial charge in [-0.2, -0.15) is 0 Å². The molecule has 0 spiro atoms. The minimum absolute atomic E-state index is 0.0120. The number of rotatable bonds is 4. The summed E-state index contributed by atoms with van der Waals surface area (Å²) in [7, 11) is 0. The molecular weight excluding hydrogens is 468 g/mol. The van der Waals surface area contributed by atoms with Gasteiger partial charge in [0.25, 0.3) is 0 Å². The number of furan rings is 1. The maximum Gasteiger partial charge on any atom is 0.343 e. The second kappa shape index (κ2) is 8.36. The monoisotopic (exact) mass is 494 g/mol. The number of hydrogen-bond donors (Lipinski definition) is 2. The number of carboxylic acid groups (broad SMARTS) is 1. The van der Waals surface area contributed by atoms with Gasteiger partial charge in [-0.15, -0.1) is 0 Å². The first kappa shape index (κ1) is 23.8. The van der Waals surface area contributed by atoms with Crippen LogP contribution in [0.2, 0.25) is 0 Å². The number of ketones is 1. The van der Waals surface area contributed by atoms with Crippen LogP contribution in [0, 0.1) is 28.6 Å². The number of Topliss-reactive ketones (excluding diaryl/α,β-unsaturated/α-hetero) is 1. The Labute approximate surface area is 206 Å². The molecule has 36 heavy (non-hydrogen) atoms. The minimum atomic E-state index is -1.15. The Bertz CT molecular complexity index is 1280. The second-order valence-corrected chi connectivity index (χ2v) is 10.4. The third kappa shape index (κ3) is 3.61. The summed E-state index contributed by atoms with van der Waals surface area (Å²) in [5, 5.41) is 19.8. The summed E-state index contributed by atoms with van der Waals surface area (Å²) in [6, 6.07) is 7.14. The van der Waals surface area contributed by atoms with Gasteiger partial charge in [0.15, 0.2) is 5.76 Å². The summed E-state index contributed by atoms with van der Waals surface area (Å²) < 4.78 is 16.3. The van der Waals surface area contributed by atoms with Gasteiger partial charge < -0.3 is 24.1 Å². The Morgan fingerprint density at radius 2 is 1.92 bits per heavy atom. The van der Waals surface area contributed by atoms with Crippen molar-refractivity contribution in [2.24, 2.45) is 28.6 Å². The number of carbonyl (C=O) groups excluding carboxylic acids is 3. The number of benzene rings is 1. The van der Waals surface area contributed by atoms with Crippen molar-refractivity contribution in [1.82, 2.24) is 0 Å². The number of carboxylic acids is 1.